The van der Waals surface area contributed by atoms with Gasteiger partial charge in [0.1, 0.15) is 0 Å². The van der Waals surface area contributed by atoms with Crippen LogP contribution >= 0.6 is 0 Å². The topological polar surface area (TPSA) is 15.3 Å². The van der Waals surface area contributed by atoms with Crippen LogP contribution in [0.5, 0.6) is 0 Å². The smallest absolute Gasteiger partial charge is 0.00612 e. The van der Waals surface area contributed by atoms with Gasteiger partial charge >= 0.3 is 0 Å². The molecule has 0 aromatic carbocycles. The summed E-state index contributed by atoms with van der Waals surface area (Å²) in [5.41, 5.74) is 0. The monoisotopic (exact) mass is 242 g/mol. The van der Waals surface area contributed by atoms with Crippen molar-refractivity contribution in [2.45, 2.75) is 65.8 Å². The Labute approximate surface area is 109 Å². The van der Waals surface area contributed by atoms with Gasteiger partial charge in [-0.1, -0.05) is 33.6 Å². The summed E-state index contributed by atoms with van der Waals surface area (Å²) in [5.74, 6) is 0.777. The van der Waals surface area contributed by atoms with Gasteiger partial charge in [0.2, 0.25) is 0 Å². The van der Waals surface area contributed by atoms with Crippen molar-refractivity contribution in [3.05, 3.63) is 0 Å². The highest BCUT2D eigenvalue weighted by Crippen LogP contribution is 2.05. The second kappa shape index (κ2) is 11.0. The Morgan fingerprint density at radius 1 is 1.00 bits per heavy atom. The third-order valence-corrected chi connectivity index (χ3v) is 3.51. The summed E-state index contributed by atoms with van der Waals surface area (Å²) >= 11 is 0. The molecule has 0 aliphatic rings. The number of nitrogens with one attached hydrogen (secondary N) is 1. The summed E-state index contributed by atoms with van der Waals surface area (Å²) in [6, 6.07) is 0.739. The summed E-state index contributed by atoms with van der Waals surface area (Å²) in [6.45, 7) is 12.7. The minimum absolute atomic E-state index is 0.739. The second-order valence-electron chi connectivity index (χ2n) is 5.75. The lowest BCUT2D eigenvalue weighted by Crippen LogP contribution is -2.29. The van der Waals surface area contributed by atoms with Gasteiger partial charge in [-0.2, -0.15) is 0 Å². The summed E-state index contributed by atoms with van der Waals surface area (Å²) in [5, 5.41) is 3.50. The first-order valence-corrected chi connectivity index (χ1v) is 7.48. The van der Waals surface area contributed by atoms with E-state index < -0.39 is 0 Å². The molecule has 0 saturated carbocycles. The van der Waals surface area contributed by atoms with Gasteiger partial charge in [-0.05, 0) is 58.8 Å². The van der Waals surface area contributed by atoms with Crippen LogP contribution in [0.4, 0.5) is 0 Å². The molecule has 0 heterocycles. The molecule has 0 spiro atoms. The van der Waals surface area contributed by atoms with Gasteiger partial charge in [-0.25, -0.2) is 0 Å². The summed E-state index contributed by atoms with van der Waals surface area (Å²) in [4.78, 5) is 2.48. The van der Waals surface area contributed by atoms with Gasteiger partial charge in [0, 0.05) is 6.04 Å². The molecule has 0 radical (unpaired) electrons. The number of rotatable bonds is 11. The Morgan fingerprint density at radius 3 is 2.24 bits per heavy atom. The first-order chi connectivity index (χ1) is 8.07. The second-order valence-corrected chi connectivity index (χ2v) is 5.75. The predicted octanol–water partition coefficient (Wildman–Crippen LogP) is 3.52. The molecule has 1 unspecified atom stereocenters. The van der Waals surface area contributed by atoms with E-state index in [4.69, 9.17) is 0 Å². The van der Waals surface area contributed by atoms with Crippen molar-refractivity contribution in [2.75, 3.05) is 26.7 Å². The van der Waals surface area contributed by atoms with Crippen molar-refractivity contribution in [1.82, 2.24) is 10.2 Å². The van der Waals surface area contributed by atoms with E-state index >= 15 is 0 Å². The van der Waals surface area contributed by atoms with E-state index in [1.54, 1.807) is 0 Å². The van der Waals surface area contributed by atoms with E-state index in [0.29, 0.717) is 0 Å². The normalized spacial score (nSPS) is 13.6. The van der Waals surface area contributed by atoms with Gasteiger partial charge in [0.25, 0.3) is 0 Å². The van der Waals surface area contributed by atoms with Crippen LogP contribution in [0.1, 0.15) is 59.8 Å². The van der Waals surface area contributed by atoms with Crippen LogP contribution in [0.2, 0.25) is 0 Å². The van der Waals surface area contributed by atoms with Crippen LogP contribution in [0, 0.1) is 5.92 Å². The average Bonchev–Trinajstić information content (AvgIpc) is 2.30. The Balaban J connectivity index is 3.18. The fourth-order valence-corrected chi connectivity index (χ4v) is 1.89. The average molecular weight is 242 g/mol. The molecule has 1 N–H and O–H groups in total. The van der Waals surface area contributed by atoms with Gasteiger partial charge < -0.3 is 10.2 Å². The SMILES string of the molecule is CCC(C)N(C)CCCCCCNCC(C)C. The van der Waals surface area contributed by atoms with Crippen molar-refractivity contribution >= 4 is 0 Å². The van der Waals surface area contributed by atoms with Gasteiger partial charge in [0.15, 0.2) is 0 Å². The molecule has 0 fully saturated rings. The first kappa shape index (κ1) is 16.9. The van der Waals surface area contributed by atoms with Crippen LogP contribution in [-0.4, -0.2) is 37.6 Å². The minimum Gasteiger partial charge on any atom is -0.316 e. The molecule has 0 rings (SSSR count). The highest BCUT2D eigenvalue weighted by Gasteiger charge is 2.05. The zero-order valence-corrected chi connectivity index (χ0v) is 12.8. The highest BCUT2D eigenvalue weighted by molar-refractivity contribution is 4.61. The minimum atomic E-state index is 0.739. The molecule has 17 heavy (non-hydrogen) atoms. The van der Waals surface area contributed by atoms with E-state index in [9.17, 15) is 0 Å². The fraction of sp³-hybridized carbons (Fsp3) is 1.00. The summed E-state index contributed by atoms with van der Waals surface area (Å²) in [7, 11) is 2.25. The quantitative estimate of drug-likeness (QED) is 0.558. The third-order valence-electron chi connectivity index (χ3n) is 3.51. The molecule has 0 saturated heterocycles. The number of hydrogen-bond donors (Lipinski definition) is 1. The molecular weight excluding hydrogens is 208 g/mol. The number of hydrogen-bond acceptors (Lipinski definition) is 2. The lowest BCUT2D eigenvalue weighted by Gasteiger charge is -2.23. The molecule has 2 nitrogen and oxygen atoms in total. The van der Waals surface area contributed by atoms with Crippen LogP contribution in [0.15, 0.2) is 0 Å². The predicted molar refractivity (Wildman–Crippen MR) is 78.6 cm³/mol. The molecule has 104 valence electrons. The van der Waals surface area contributed by atoms with E-state index in [-0.39, 0.29) is 0 Å². The van der Waals surface area contributed by atoms with Crippen LogP contribution < -0.4 is 5.32 Å². The molecule has 0 bridgehead atoms. The van der Waals surface area contributed by atoms with Crippen molar-refractivity contribution in [3.63, 3.8) is 0 Å². The zero-order valence-electron chi connectivity index (χ0n) is 12.8. The molecular formula is C15H34N2. The van der Waals surface area contributed by atoms with Crippen molar-refractivity contribution < 1.29 is 0 Å². The molecule has 0 aromatic heterocycles. The van der Waals surface area contributed by atoms with Gasteiger partial charge in [0.05, 0.1) is 0 Å². The van der Waals surface area contributed by atoms with Crippen LogP contribution in [0.25, 0.3) is 0 Å². The lowest BCUT2D eigenvalue weighted by molar-refractivity contribution is 0.246. The van der Waals surface area contributed by atoms with E-state index in [2.05, 4.69) is 45.0 Å². The molecule has 1 atom stereocenters. The number of unbranched alkanes of at least 4 members (excludes halogenated alkanes) is 3. The molecule has 0 aromatic rings. The van der Waals surface area contributed by atoms with Crippen molar-refractivity contribution in [1.29, 1.82) is 0 Å². The first-order valence-electron chi connectivity index (χ1n) is 7.48. The third kappa shape index (κ3) is 10.8. The Kier molecular flexibility index (Phi) is 11.0. The highest BCUT2D eigenvalue weighted by atomic mass is 15.1. The van der Waals surface area contributed by atoms with Crippen LogP contribution in [0.3, 0.4) is 0 Å². The number of nitrogens with zero attached hydrogens (tertiary/aromatic N) is 1. The maximum atomic E-state index is 3.50. The largest absolute Gasteiger partial charge is 0.316 e. The zero-order chi connectivity index (χ0) is 13.1. The van der Waals surface area contributed by atoms with E-state index in [1.165, 1.54) is 45.2 Å². The maximum absolute atomic E-state index is 3.50. The van der Waals surface area contributed by atoms with Gasteiger partial charge in [-0.15, -0.1) is 0 Å². The standard InChI is InChI=1S/C15H34N2/c1-6-15(4)17(5)12-10-8-7-9-11-16-13-14(2)3/h14-16H,6-13H2,1-5H3. The van der Waals surface area contributed by atoms with Gasteiger partial charge in [-0.3, -0.25) is 0 Å². The van der Waals surface area contributed by atoms with Crippen molar-refractivity contribution in [3.8, 4) is 0 Å². The van der Waals surface area contributed by atoms with Crippen LogP contribution in [-0.2, 0) is 0 Å². The Morgan fingerprint density at radius 2 is 1.65 bits per heavy atom. The summed E-state index contributed by atoms with van der Waals surface area (Å²) < 4.78 is 0. The fourth-order valence-electron chi connectivity index (χ4n) is 1.89. The maximum Gasteiger partial charge on any atom is 0.00612 e. The Bertz CT molecular complexity index is 157. The van der Waals surface area contributed by atoms with Crippen molar-refractivity contribution in [2.24, 2.45) is 5.92 Å². The molecule has 2 heteroatoms. The van der Waals surface area contributed by atoms with E-state index in [0.717, 1.165) is 18.5 Å². The molecule has 0 amide bonds. The summed E-state index contributed by atoms with van der Waals surface area (Å²) in [6.07, 6.45) is 6.70. The van der Waals surface area contributed by atoms with E-state index in [1.807, 2.05) is 0 Å². The Hall–Kier alpha value is -0.0800. The lowest BCUT2D eigenvalue weighted by atomic mass is 10.1. The molecule has 0 aliphatic heterocycles. The molecule has 0 aliphatic carbocycles.